The highest BCUT2D eigenvalue weighted by atomic mass is 16.5. The van der Waals surface area contributed by atoms with Gasteiger partial charge in [0.25, 0.3) is 0 Å². The Balaban J connectivity index is 2.30. The monoisotopic (exact) mass is 395 g/mol. The summed E-state index contributed by atoms with van der Waals surface area (Å²) >= 11 is 0. The Morgan fingerprint density at radius 1 is 1.41 bits per heavy atom. The van der Waals surface area contributed by atoms with Crippen LogP contribution in [-0.2, 0) is 9.53 Å². The van der Waals surface area contributed by atoms with Gasteiger partial charge in [-0.2, -0.15) is 5.26 Å². The zero-order valence-corrected chi connectivity index (χ0v) is 17.2. The van der Waals surface area contributed by atoms with E-state index in [1.54, 1.807) is 26.3 Å². The Kier molecular flexibility index (Phi) is 5.64. The summed E-state index contributed by atoms with van der Waals surface area (Å²) in [5.74, 6) is -1.01. The molecule has 152 valence electrons. The molecule has 3 rings (SSSR count). The lowest BCUT2D eigenvalue weighted by molar-refractivity contribution is -0.133. The second-order valence-electron chi connectivity index (χ2n) is 7.28. The van der Waals surface area contributed by atoms with E-state index in [1.807, 2.05) is 26.8 Å². The van der Waals surface area contributed by atoms with Gasteiger partial charge in [-0.25, -0.2) is 9.78 Å². The van der Waals surface area contributed by atoms with Crippen LogP contribution >= 0.6 is 0 Å². The Labute approximate surface area is 170 Å². The third-order valence-electron chi connectivity index (χ3n) is 5.48. The number of rotatable bonds is 5. The van der Waals surface area contributed by atoms with E-state index < -0.39 is 11.9 Å². The SMILES string of the molecule is CCOc1ncc(C)c2c1[C@H](C1C(OC)=CC(C#N)=CC1C)C(C(=O)O)=C(C)N2. The van der Waals surface area contributed by atoms with Gasteiger partial charge in [0, 0.05) is 29.3 Å². The zero-order valence-electron chi connectivity index (χ0n) is 17.2. The molecule has 0 bridgehead atoms. The number of pyridine rings is 1. The number of nitriles is 1. The van der Waals surface area contributed by atoms with Crippen LogP contribution in [0.1, 0.15) is 37.8 Å². The average Bonchev–Trinajstić information content (AvgIpc) is 2.68. The second kappa shape index (κ2) is 8.00. The number of anilines is 1. The van der Waals surface area contributed by atoms with Crippen molar-refractivity contribution in [1.29, 1.82) is 5.26 Å². The van der Waals surface area contributed by atoms with Crippen LogP contribution in [0.25, 0.3) is 0 Å². The first-order valence-electron chi connectivity index (χ1n) is 9.54. The van der Waals surface area contributed by atoms with E-state index in [4.69, 9.17) is 9.47 Å². The lowest BCUT2D eigenvalue weighted by Crippen LogP contribution is -2.33. The minimum Gasteiger partial charge on any atom is -0.501 e. The molecule has 0 amide bonds. The minimum absolute atomic E-state index is 0.127. The highest BCUT2D eigenvalue weighted by Crippen LogP contribution is 2.52. The zero-order chi connectivity index (χ0) is 21.3. The van der Waals surface area contributed by atoms with Crippen LogP contribution in [0.5, 0.6) is 5.88 Å². The van der Waals surface area contributed by atoms with Crippen molar-refractivity contribution in [3.05, 3.63) is 52.1 Å². The van der Waals surface area contributed by atoms with E-state index in [9.17, 15) is 15.2 Å². The summed E-state index contributed by atoms with van der Waals surface area (Å²) in [5, 5.41) is 22.7. The lowest BCUT2D eigenvalue weighted by atomic mass is 9.69. The highest BCUT2D eigenvalue weighted by Gasteiger charge is 2.44. The second-order valence-corrected chi connectivity index (χ2v) is 7.28. The summed E-state index contributed by atoms with van der Waals surface area (Å²) in [6.45, 7) is 7.93. The molecule has 1 aliphatic carbocycles. The smallest absolute Gasteiger partial charge is 0.333 e. The Morgan fingerprint density at radius 3 is 2.72 bits per heavy atom. The standard InChI is InChI=1S/C22H25N3O4/c1-6-29-21-19-18(16-11(2)7-14(9-23)8-15(16)28-5)17(22(26)27)13(4)25-20(19)12(3)10-24-21/h7-8,10-11,16,18,25H,6H2,1-5H3,(H,26,27)/t11?,16?,18-/m1/s1. The van der Waals surface area contributed by atoms with Crippen LogP contribution in [0.3, 0.4) is 0 Å². The van der Waals surface area contributed by atoms with Crippen molar-refractivity contribution >= 4 is 11.7 Å². The molecule has 0 saturated carbocycles. The molecular weight excluding hydrogens is 370 g/mol. The summed E-state index contributed by atoms with van der Waals surface area (Å²) in [6.07, 6.45) is 5.26. The van der Waals surface area contributed by atoms with Crippen molar-refractivity contribution in [3.8, 4) is 11.9 Å². The van der Waals surface area contributed by atoms with Gasteiger partial charge in [0.1, 0.15) is 5.76 Å². The predicted octanol–water partition coefficient (Wildman–Crippen LogP) is 3.90. The van der Waals surface area contributed by atoms with E-state index in [1.165, 1.54) is 0 Å². The first-order chi connectivity index (χ1) is 13.8. The first-order valence-corrected chi connectivity index (χ1v) is 9.54. The van der Waals surface area contributed by atoms with Crippen LogP contribution in [-0.4, -0.2) is 29.8 Å². The summed E-state index contributed by atoms with van der Waals surface area (Å²) in [4.78, 5) is 16.8. The van der Waals surface area contributed by atoms with Gasteiger partial charge in [0.2, 0.25) is 5.88 Å². The molecule has 1 aromatic rings. The maximum atomic E-state index is 12.3. The van der Waals surface area contributed by atoms with Crippen molar-refractivity contribution in [2.75, 3.05) is 19.0 Å². The fraction of sp³-hybridized carbons (Fsp3) is 0.409. The number of fused-ring (bicyclic) bond motifs is 1. The third kappa shape index (κ3) is 3.46. The van der Waals surface area contributed by atoms with Gasteiger partial charge in [-0.3, -0.25) is 0 Å². The number of carboxylic acids is 1. The number of carbonyl (C=O) groups is 1. The number of aliphatic carboxylic acids is 1. The summed E-state index contributed by atoms with van der Waals surface area (Å²) in [6, 6.07) is 2.15. The number of hydrogen-bond donors (Lipinski definition) is 2. The number of ether oxygens (including phenoxy) is 2. The Bertz CT molecular complexity index is 985. The fourth-order valence-electron chi connectivity index (χ4n) is 4.28. The predicted molar refractivity (Wildman–Crippen MR) is 108 cm³/mol. The number of carboxylic acid groups (broad SMARTS) is 1. The molecule has 2 N–H and O–H groups in total. The molecule has 7 nitrogen and oxygen atoms in total. The van der Waals surface area contributed by atoms with Gasteiger partial charge in [0.15, 0.2) is 0 Å². The van der Waals surface area contributed by atoms with Crippen molar-refractivity contribution in [3.63, 3.8) is 0 Å². The van der Waals surface area contributed by atoms with E-state index in [0.29, 0.717) is 35.1 Å². The van der Waals surface area contributed by atoms with Crippen molar-refractivity contribution in [1.82, 2.24) is 4.98 Å². The molecule has 2 unspecified atom stereocenters. The van der Waals surface area contributed by atoms with Gasteiger partial charge < -0.3 is 19.9 Å². The molecule has 29 heavy (non-hydrogen) atoms. The third-order valence-corrected chi connectivity index (χ3v) is 5.48. The minimum atomic E-state index is -1.01. The number of allylic oxidation sites excluding steroid dienone is 5. The van der Waals surface area contributed by atoms with Gasteiger partial charge in [-0.15, -0.1) is 0 Å². The van der Waals surface area contributed by atoms with E-state index >= 15 is 0 Å². The number of nitrogens with zero attached hydrogens (tertiary/aromatic N) is 2. The normalized spacial score (nSPS) is 23.2. The largest absolute Gasteiger partial charge is 0.501 e. The van der Waals surface area contributed by atoms with Crippen LogP contribution in [0, 0.1) is 30.1 Å². The van der Waals surface area contributed by atoms with Gasteiger partial charge in [-0.1, -0.05) is 13.0 Å². The van der Waals surface area contributed by atoms with Gasteiger partial charge in [-0.05, 0) is 38.3 Å². The quantitative estimate of drug-likeness (QED) is 0.779. The molecule has 2 aliphatic rings. The highest BCUT2D eigenvalue weighted by molar-refractivity contribution is 5.93. The molecule has 0 saturated heterocycles. The molecule has 3 atom stereocenters. The number of aryl methyl sites for hydroxylation is 1. The van der Waals surface area contributed by atoms with Crippen LogP contribution in [0.2, 0.25) is 0 Å². The molecule has 7 heteroatoms. The molecule has 0 fully saturated rings. The Morgan fingerprint density at radius 2 is 2.14 bits per heavy atom. The van der Waals surface area contributed by atoms with Crippen molar-refractivity contribution in [2.45, 2.75) is 33.6 Å². The maximum Gasteiger partial charge on any atom is 0.333 e. The summed E-state index contributed by atoms with van der Waals surface area (Å²) < 4.78 is 11.4. The number of aromatic nitrogens is 1. The Hall–Kier alpha value is -3.27. The molecule has 0 spiro atoms. The molecule has 1 aliphatic heterocycles. The summed E-state index contributed by atoms with van der Waals surface area (Å²) in [5.41, 5.74) is 3.75. The van der Waals surface area contributed by atoms with Crippen LogP contribution in [0.15, 0.2) is 41.0 Å². The van der Waals surface area contributed by atoms with Gasteiger partial charge in [0.05, 0.1) is 36.6 Å². The molecule has 2 heterocycles. The van der Waals surface area contributed by atoms with Gasteiger partial charge >= 0.3 is 5.97 Å². The van der Waals surface area contributed by atoms with E-state index in [-0.39, 0.29) is 17.4 Å². The van der Waals surface area contributed by atoms with E-state index in [0.717, 1.165) is 11.3 Å². The van der Waals surface area contributed by atoms with E-state index in [2.05, 4.69) is 16.4 Å². The molecule has 0 aromatic carbocycles. The van der Waals surface area contributed by atoms with Crippen LogP contribution < -0.4 is 10.1 Å². The van der Waals surface area contributed by atoms with Crippen molar-refractivity contribution in [2.24, 2.45) is 11.8 Å². The maximum absolute atomic E-state index is 12.3. The molecular formula is C22H25N3O4. The number of nitrogens with one attached hydrogen (secondary N) is 1. The average molecular weight is 395 g/mol. The summed E-state index contributed by atoms with van der Waals surface area (Å²) in [7, 11) is 1.54. The fourth-order valence-corrected chi connectivity index (χ4v) is 4.28. The number of hydrogen-bond acceptors (Lipinski definition) is 6. The van der Waals surface area contributed by atoms with Crippen molar-refractivity contribution < 1.29 is 19.4 Å². The number of methoxy groups -OCH3 is 1. The van der Waals surface area contributed by atoms with Crippen LogP contribution in [0.4, 0.5) is 5.69 Å². The topological polar surface area (TPSA) is 104 Å². The lowest BCUT2D eigenvalue weighted by Gasteiger charge is -2.39. The first kappa shape index (κ1) is 20.5. The molecule has 0 radical (unpaired) electrons. The molecule has 1 aromatic heterocycles.